The van der Waals surface area contributed by atoms with Crippen LogP contribution in [0.5, 0.6) is 5.75 Å². The van der Waals surface area contributed by atoms with Crippen LogP contribution in [0.3, 0.4) is 0 Å². The number of nitrogens with zero attached hydrogens (tertiary/aromatic N) is 4. The molecular formula is C17H19N7O. The highest BCUT2D eigenvalue weighted by atomic mass is 16.5. The Morgan fingerprint density at radius 2 is 2.16 bits per heavy atom. The minimum Gasteiger partial charge on any atom is -0.497 e. The predicted molar refractivity (Wildman–Crippen MR) is 98.1 cm³/mol. The second-order valence-electron chi connectivity index (χ2n) is 5.76. The highest BCUT2D eigenvalue weighted by Gasteiger charge is 2.18. The van der Waals surface area contributed by atoms with Crippen LogP contribution in [0.15, 0.2) is 30.6 Å². The van der Waals surface area contributed by atoms with Gasteiger partial charge in [0.05, 0.1) is 18.2 Å². The molecule has 0 aliphatic carbocycles. The lowest BCUT2D eigenvalue weighted by Crippen LogP contribution is -2.17. The lowest BCUT2D eigenvalue weighted by atomic mass is 10.2. The highest BCUT2D eigenvalue weighted by Crippen LogP contribution is 2.32. The molecule has 8 heteroatoms. The number of methoxy groups -OCH3 is 1. The van der Waals surface area contributed by atoms with E-state index in [0.717, 1.165) is 40.7 Å². The van der Waals surface area contributed by atoms with E-state index in [1.54, 1.807) is 11.9 Å². The Hall–Kier alpha value is -3.29. The first kappa shape index (κ1) is 15.3. The molecule has 3 heterocycles. The van der Waals surface area contributed by atoms with Crippen LogP contribution < -0.4 is 15.9 Å². The largest absolute Gasteiger partial charge is 0.497 e. The molecule has 0 amide bonds. The normalized spacial score (nSPS) is 11.3. The van der Waals surface area contributed by atoms with Crippen molar-refractivity contribution in [3.63, 3.8) is 0 Å². The molecule has 0 saturated carbocycles. The van der Waals surface area contributed by atoms with Gasteiger partial charge in [-0.1, -0.05) is 6.92 Å². The van der Waals surface area contributed by atoms with Crippen LogP contribution in [0.4, 0.5) is 5.82 Å². The van der Waals surface area contributed by atoms with E-state index in [-0.39, 0.29) is 0 Å². The summed E-state index contributed by atoms with van der Waals surface area (Å²) in [6.07, 6.45) is 2.42. The number of rotatable bonds is 5. The SMILES string of the molecule is CCCNn1nc(-c2cc3cc(OC)ccc3[nH]2)c2c(N)ncnc21. The molecule has 4 N–H and O–H groups in total. The molecule has 128 valence electrons. The second kappa shape index (κ2) is 5.97. The second-order valence-corrected chi connectivity index (χ2v) is 5.76. The molecule has 0 bridgehead atoms. The van der Waals surface area contributed by atoms with Crippen molar-refractivity contribution in [3.8, 4) is 17.1 Å². The first-order valence-electron chi connectivity index (χ1n) is 8.11. The Morgan fingerprint density at radius 3 is 2.96 bits per heavy atom. The number of nitrogens with one attached hydrogen (secondary N) is 2. The summed E-state index contributed by atoms with van der Waals surface area (Å²) in [5.41, 5.74) is 12.6. The molecule has 0 aliphatic rings. The van der Waals surface area contributed by atoms with Gasteiger partial charge in [0, 0.05) is 17.4 Å². The van der Waals surface area contributed by atoms with Crippen LogP contribution in [0.2, 0.25) is 0 Å². The van der Waals surface area contributed by atoms with Crippen molar-refractivity contribution >= 4 is 27.8 Å². The number of fused-ring (bicyclic) bond motifs is 2. The van der Waals surface area contributed by atoms with Gasteiger partial charge < -0.3 is 20.9 Å². The van der Waals surface area contributed by atoms with Crippen LogP contribution >= 0.6 is 0 Å². The van der Waals surface area contributed by atoms with Crippen molar-refractivity contribution in [3.05, 3.63) is 30.6 Å². The fourth-order valence-corrected chi connectivity index (χ4v) is 2.86. The molecule has 1 aromatic carbocycles. The lowest BCUT2D eigenvalue weighted by Gasteiger charge is -2.04. The first-order valence-corrected chi connectivity index (χ1v) is 8.11. The number of anilines is 1. The number of aromatic nitrogens is 5. The van der Waals surface area contributed by atoms with Gasteiger partial charge in [-0.05, 0) is 30.7 Å². The number of benzene rings is 1. The lowest BCUT2D eigenvalue weighted by molar-refractivity contribution is 0.415. The molecule has 0 radical (unpaired) electrons. The monoisotopic (exact) mass is 337 g/mol. The molecule has 0 aliphatic heterocycles. The van der Waals surface area contributed by atoms with Gasteiger partial charge in [0.15, 0.2) is 5.65 Å². The fraction of sp³-hybridized carbons (Fsp3) is 0.235. The molecular weight excluding hydrogens is 318 g/mol. The summed E-state index contributed by atoms with van der Waals surface area (Å²) in [5.74, 6) is 1.21. The van der Waals surface area contributed by atoms with Gasteiger partial charge >= 0.3 is 0 Å². The van der Waals surface area contributed by atoms with Gasteiger partial charge in [-0.2, -0.15) is 4.79 Å². The van der Waals surface area contributed by atoms with E-state index in [2.05, 4.69) is 32.4 Å². The molecule has 0 fully saturated rings. The molecule has 0 saturated heterocycles. The maximum atomic E-state index is 6.11. The molecule has 4 aromatic rings. The maximum Gasteiger partial charge on any atom is 0.186 e. The average molecular weight is 337 g/mol. The van der Waals surface area contributed by atoms with Gasteiger partial charge in [-0.25, -0.2) is 9.97 Å². The fourth-order valence-electron chi connectivity index (χ4n) is 2.86. The van der Waals surface area contributed by atoms with Crippen molar-refractivity contribution in [2.75, 3.05) is 24.8 Å². The van der Waals surface area contributed by atoms with Gasteiger partial charge in [0.1, 0.15) is 23.6 Å². The summed E-state index contributed by atoms with van der Waals surface area (Å²) in [6.45, 7) is 2.87. The number of aromatic amines is 1. The van der Waals surface area contributed by atoms with E-state index >= 15 is 0 Å². The van der Waals surface area contributed by atoms with Crippen molar-refractivity contribution in [1.82, 2.24) is 24.8 Å². The Labute approximate surface area is 144 Å². The van der Waals surface area contributed by atoms with Crippen molar-refractivity contribution < 1.29 is 4.74 Å². The zero-order chi connectivity index (χ0) is 17.4. The molecule has 0 unspecified atom stereocenters. The minimum absolute atomic E-state index is 0.404. The van der Waals surface area contributed by atoms with Crippen LogP contribution in [-0.4, -0.2) is 38.5 Å². The zero-order valence-corrected chi connectivity index (χ0v) is 14.1. The molecule has 25 heavy (non-hydrogen) atoms. The predicted octanol–water partition coefficient (Wildman–Crippen LogP) is 2.52. The Kier molecular flexibility index (Phi) is 3.64. The third kappa shape index (κ3) is 2.51. The number of nitrogen functional groups attached to an aromatic ring is 1. The summed E-state index contributed by atoms with van der Waals surface area (Å²) in [6, 6.07) is 7.89. The Bertz CT molecular complexity index is 1050. The third-order valence-corrected chi connectivity index (χ3v) is 4.09. The van der Waals surface area contributed by atoms with Crippen LogP contribution in [0, 0.1) is 0 Å². The van der Waals surface area contributed by atoms with Gasteiger partial charge in [-0.3, -0.25) is 0 Å². The van der Waals surface area contributed by atoms with Gasteiger partial charge in [0.25, 0.3) is 0 Å². The molecule has 0 atom stereocenters. The standard InChI is InChI=1S/C17H19N7O/c1-3-6-21-24-17-14(16(18)19-9-20-17)15(23-24)13-8-10-7-11(25-2)4-5-12(10)22-13/h4-5,7-9,21-22H,3,6H2,1-2H3,(H2,18,19,20). The highest BCUT2D eigenvalue weighted by molar-refractivity contribution is 6.00. The molecule has 3 aromatic heterocycles. The van der Waals surface area contributed by atoms with Gasteiger partial charge in [-0.15, -0.1) is 5.10 Å². The number of hydrogen-bond acceptors (Lipinski definition) is 6. The van der Waals surface area contributed by atoms with Crippen molar-refractivity contribution in [1.29, 1.82) is 0 Å². The number of hydrogen-bond donors (Lipinski definition) is 3. The first-order chi connectivity index (χ1) is 12.2. The number of nitrogens with two attached hydrogens (primary N) is 1. The average Bonchev–Trinajstić information content (AvgIpc) is 3.21. The zero-order valence-electron chi connectivity index (χ0n) is 14.1. The maximum absolute atomic E-state index is 6.11. The quantitative estimate of drug-likeness (QED) is 0.516. The van der Waals surface area contributed by atoms with E-state index in [1.165, 1.54) is 6.33 Å². The van der Waals surface area contributed by atoms with Crippen LogP contribution in [0.1, 0.15) is 13.3 Å². The summed E-state index contributed by atoms with van der Waals surface area (Å²) in [4.78, 5) is 13.5. The summed E-state index contributed by atoms with van der Waals surface area (Å²) in [7, 11) is 1.65. The van der Waals surface area contributed by atoms with Crippen LogP contribution in [0.25, 0.3) is 33.3 Å². The van der Waals surface area contributed by atoms with Crippen molar-refractivity contribution in [2.24, 2.45) is 0 Å². The Morgan fingerprint density at radius 1 is 1.28 bits per heavy atom. The van der Waals surface area contributed by atoms with Crippen molar-refractivity contribution in [2.45, 2.75) is 13.3 Å². The minimum atomic E-state index is 0.404. The summed E-state index contributed by atoms with van der Waals surface area (Å²) >= 11 is 0. The molecule has 0 spiro atoms. The van der Waals surface area contributed by atoms with Gasteiger partial charge in [0.2, 0.25) is 0 Å². The topological polar surface area (TPSA) is 107 Å². The Balaban J connectivity index is 1.91. The number of ether oxygens (including phenoxy) is 1. The molecule has 4 rings (SSSR count). The van der Waals surface area contributed by atoms with Crippen LogP contribution in [-0.2, 0) is 0 Å². The van der Waals surface area contributed by atoms with E-state index in [1.807, 2.05) is 24.3 Å². The summed E-state index contributed by atoms with van der Waals surface area (Å²) in [5, 5.41) is 6.42. The van der Waals surface area contributed by atoms with E-state index in [9.17, 15) is 0 Å². The van der Waals surface area contributed by atoms with E-state index in [0.29, 0.717) is 17.2 Å². The third-order valence-electron chi connectivity index (χ3n) is 4.09. The van der Waals surface area contributed by atoms with E-state index < -0.39 is 0 Å². The molecule has 8 nitrogen and oxygen atoms in total. The van der Waals surface area contributed by atoms with E-state index in [4.69, 9.17) is 10.5 Å². The smallest absolute Gasteiger partial charge is 0.186 e. The number of H-pyrrole nitrogens is 1. The summed E-state index contributed by atoms with van der Waals surface area (Å²) < 4.78 is 5.29.